The second-order valence-corrected chi connectivity index (χ2v) is 9.06. The van der Waals surface area contributed by atoms with Crippen LogP contribution in [0.3, 0.4) is 0 Å². The monoisotopic (exact) mass is 496 g/mol. The van der Waals surface area contributed by atoms with Crippen LogP contribution in [0.1, 0.15) is 20.7 Å². The number of carbonyl (C=O) groups is 3. The standard InChI is InChI=1S/C24H20N2O8S/c1-32-21-5-3-2-4-18(21)26-35(30,31)17-9-6-15(7-10-17)24(29)34-13-20(27)16-8-11-22-19(12-16)25-23(28)14-33-22/h2-12,26H,13-14H2,1H3,(H,25,28). The number of methoxy groups -OCH3 is 1. The van der Waals surface area contributed by atoms with E-state index in [9.17, 15) is 22.8 Å². The number of sulfonamides is 1. The molecule has 0 radical (unpaired) electrons. The van der Waals surface area contributed by atoms with E-state index in [2.05, 4.69) is 10.0 Å². The lowest BCUT2D eigenvalue weighted by Gasteiger charge is -2.18. The molecule has 1 aliphatic heterocycles. The molecule has 0 aromatic heterocycles. The Morgan fingerprint density at radius 1 is 1.03 bits per heavy atom. The van der Waals surface area contributed by atoms with Crippen molar-refractivity contribution in [3.63, 3.8) is 0 Å². The van der Waals surface area contributed by atoms with Gasteiger partial charge in [0.25, 0.3) is 15.9 Å². The first-order valence-corrected chi connectivity index (χ1v) is 11.8. The molecule has 180 valence electrons. The van der Waals surface area contributed by atoms with Gasteiger partial charge in [-0.05, 0) is 54.6 Å². The molecule has 1 heterocycles. The average molecular weight is 496 g/mol. The van der Waals surface area contributed by atoms with Gasteiger partial charge in [-0.15, -0.1) is 0 Å². The number of nitrogens with one attached hydrogen (secondary N) is 2. The van der Waals surface area contributed by atoms with E-state index in [1.54, 1.807) is 30.3 Å². The highest BCUT2D eigenvalue weighted by molar-refractivity contribution is 7.92. The summed E-state index contributed by atoms with van der Waals surface area (Å²) in [5.41, 5.74) is 0.925. The molecular weight excluding hydrogens is 476 g/mol. The van der Waals surface area contributed by atoms with Gasteiger partial charge in [0.15, 0.2) is 19.0 Å². The lowest BCUT2D eigenvalue weighted by atomic mass is 10.1. The van der Waals surface area contributed by atoms with Gasteiger partial charge in [0.2, 0.25) is 0 Å². The van der Waals surface area contributed by atoms with Crippen molar-refractivity contribution in [3.05, 3.63) is 77.9 Å². The van der Waals surface area contributed by atoms with E-state index in [-0.39, 0.29) is 34.2 Å². The van der Waals surface area contributed by atoms with Crippen LogP contribution in [0.2, 0.25) is 0 Å². The van der Waals surface area contributed by atoms with Crippen molar-refractivity contribution in [3.8, 4) is 11.5 Å². The molecule has 0 bridgehead atoms. The number of ketones is 1. The molecule has 11 heteroatoms. The van der Waals surface area contributed by atoms with Gasteiger partial charge < -0.3 is 19.5 Å². The van der Waals surface area contributed by atoms with Crippen LogP contribution >= 0.6 is 0 Å². The van der Waals surface area contributed by atoms with E-state index >= 15 is 0 Å². The Balaban J connectivity index is 1.39. The van der Waals surface area contributed by atoms with E-state index in [0.717, 1.165) is 0 Å². The lowest BCUT2D eigenvalue weighted by Crippen LogP contribution is -2.25. The zero-order valence-electron chi connectivity index (χ0n) is 18.4. The van der Waals surface area contributed by atoms with E-state index in [1.807, 2.05) is 0 Å². The van der Waals surface area contributed by atoms with Gasteiger partial charge >= 0.3 is 5.97 Å². The minimum Gasteiger partial charge on any atom is -0.495 e. The molecule has 4 rings (SSSR count). The fraction of sp³-hybridized carbons (Fsp3) is 0.125. The topological polar surface area (TPSA) is 137 Å². The molecule has 3 aromatic carbocycles. The molecular formula is C24H20N2O8S. The summed E-state index contributed by atoms with van der Waals surface area (Å²) in [6.45, 7) is -0.643. The number of carbonyl (C=O) groups excluding carboxylic acids is 3. The smallest absolute Gasteiger partial charge is 0.338 e. The Hall–Kier alpha value is -4.38. The van der Waals surface area contributed by atoms with Gasteiger partial charge in [-0.25, -0.2) is 13.2 Å². The van der Waals surface area contributed by atoms with Gasteiger partial charge in [0, 0.05) is 5.56 Å². The molecule has 1 amide bonds. The Labute approximate surface area is 200 Å². The maximum atomic E-state index is 12.7. The molecule has 0 unspecified atom stereocenters. The van der Waals surface area contributed by atoms with Crippen LogP contribution in [0.4, 0.5) is 11.4 Å². The molecule has 0 fully saturated rings. The molecule has 0 saturated heterocycles. The SMILES string of the molecule is COc1ccccc1NS(=O)(=O)c1ccc(C(=O)OCC(=O)c2ccc3c(c2)NC(=O)CO3)cc1. The summed E-state index contributed by atoms with van der Waals surface area (Å²) in [4.78, 5) is 36.2. The van der Waals surface area contributed by atoms with Gasteiger partial charge in [0.1, 0.15) is 11.5 Å². The molecule has 3 aromatic rings. The third-order valence-corrected chi connectivity index (χ3v) is 6.40. The highest BCUT2D eigenvalue weighted by Gasteiger charge is 2.20. The van der Waals surface area contributed by atoms with Crippen molar-refractivity contribution in [2.24, 2.45) is 0 Å². The maximum absolute atomic E-state index is 12.7. The average Bonchev–Trinajstić information content (AvgIpc) is 2.86. The summed E-state index contributed by atoms with van der Waals surface area (Å²) < 4.78 is 43.3. The lowest BCUT2D eigenvalue weighted by molar-refractivity contribution is -0.118. The third-order valence-electron chi connectivity index (χ3n) is 5.02. The number of hydrogen-bond donors (Lipinski definition) is 2. The Kier molecular flexibility index (Phi) is 6.69. The third kappa shape index (κ3) is 5.41. The van der Waals surface area contributed by atoms with Crippen molar-refractivity contribution < 1.29 is 37.0 Å². The van der Waals surface area contributed by atoms with Crippen LogP contribution in [0.5, 0.6) is 11.5 Å². The fourth-order valence-corrected chi connectivity index (χ4v) is 4.33. The van der Waals surface area contributed by atoms with Crippen molar-refractivity contribution in [2.45, 2.75) is 4.90 Å². The van der Waals surface area contributed by atoms with E-state index in [4.69, 9.17) is 14.2 Å². The number of rotatable bonds is 8. The molecule has 2 N–H and O–H groups in total. The van der Waals surface area contributed by atoms with E-state index in [0.29, 0.717) is 17.2 Å². The van der Waals surface area contributed by atoms with Crippen molar-refractivity contribution in [1.29, 1.82) is 0 Å². The number of anilines is 2. The number of fused-ring (bicyclic) bond motifs is 1. The highest BCUT2D eigenvalue weighted by Crippen LogP contribution is 2.29. The maximum Gasteiger partial charge on any atom is 0.338 e. The molecule has 35 heavy (non-hydrogen) atoms. The van der Waals surface area contributed by atoms with E-state index in [1.165, 1.54) is 43.5 Å². The van der Waals surface area contributed by atoms with Crippen LogP contribution in [0.15, 0.2) is 71.6 Å². The molecule has 0 atom stereocenters. The highest BCUT2D eigenvalue weighted by atomic mass is 32.2. The number of Topliss-reactive ketones (excluding diaryl/α,β-unsaturated/α-hetero) is 1. The number of para-hydroxylation sites is 2. The van der Waals surface area contributed by atoms with Crippen molar-refractivity contribution in [2.75, 3.05) is 30.4 Å². The number of ether oxygens (including phenoxy) is 3. The zero-order chi connectivity index (χ0) is 25.0. The number of esters is 1. The number of amides is 1. The van der Waals surface area contributed by atoms with Crippen molar-refractivity contribution in [1.82, 2.24) is 0 Å². The minimum absolute atomic E-state index is 0.0696. The first kappa shape index (κ1) is 23.8. The van der Waals surface area contributed by atoms with Gasteiger partial charge in [-0.1, -0.05) is 12.1 Å². The largest absolute Gasteiger partial charge is 0.495 e. The van der Waals surface area contributed by atoms with Crippen LogP contribution in [0, 0.1) is 0 Å². The summed E-state index contributed by atoms with van der Waals surface area (Å²) in [7, 11) is -2.51. The second-order valence-electron chi connectivity index (χ2n) is 7.38. The summed E-state index contributed by atoms with van der Waals surface area (Å²) >= 11 is 0. The van der Waals surface area contributed by atoms with Gasteiger partial charge in [-0.3, -0.25) is 14.3 Å². The summed E-state index contributed by atoms with van der Waals surface area (Å²) in [5.74, 6) is -0.823. The van der Waals surface area contributed by atoms with E-state index < -0.39 is 28.4 Å². The van der Waals surface area contributed by atoms with Crippen LogP contribution in [-0.4, -0.2) is 46.4 Å². The van der Waals surface area contributed by atoms with Gasteiger partial charge in [0.05, 0.1) is 28.9 Å². The van der Waals surface area contributed by atoms with Crippen LogP contribution in [0.25, 0.3) is 0 Å². The zero-order valence-corrected chi connectivity index (χ0v) is 19.3. The summed E-state index contributed by atoms with van der Waals surface area (Å²) in [6.07, 6.45) is 0. The van der Waals surface area contributed by atoms with Crippen LogP contribution < -0.4 is 19.5 Å². The molecule has 0 saturated carbocycles. The summed E-state index contributed by atoms with van der Waals surface area (Å²) in [6, 6.07) is 16.1. The summed E-state index contributed by atoms with van der Waals surface area (Å²) in [5, 5.41) is 2.60. The number of benzene rings is 3. The van der Waals surface area contributed by atoms with Gasteiger partial charge in [-0.2, -0.15) is 0 Å². The quantitative estimate of drug-likeness (QED) is 0.359. The number of hydrogen-bond acceptors (Lipinski definition) is 8. The second kappa shape index (κ2) is 9.85. The molecule has 10 nitrogen and oxygen atoms in total. The normalized spacial score (nSPS) is 12.5. The van der Waals surface area contributed by atoms with Crippen molar-refractivity contribution >= 4 is 39.1 Å². The van der Waals surface area contributed by atoms with Crippen LogP contribution in [-0.2, 0) is 19.6 Å². The molecule has 0 aliphatic carbocycles. The predicted molar refractivity (Wildman–Crippen MR) is 125 cm³/mol. The minimum atomic E-state index is -3.94. The predicted octanol–water partition coefficient (Wildman–Crippen LogP) is 2.87. The molecule has 1 aliphatic rings. The fourth-order valence-electron chi connectivity index (χ4n) is 3.26. The molecule has 0 spiro atoms. The first-order chi connectivity index (χ1) is 16.8. The Morgan fingerprint density at radius 3 is 2.49 bits per heavy atom. The first-order valence-electron chi connectivity index (χ1n) is 10.3. The Morgan fingerprint density at radius 2 is 1.74 bits per heavy atom. The Bertz CT molecular complexity index is 1400.